The summed E-state index contributed by atoms with van der Waals surface area (Å²) in [5.74, 6) is 1.38. The fourth-order valence-electron chi connectivity index (χ4n) is 2.30. The number of carbonyl (C=O) groups is 1. The number of nitrogens with one attached hydrogen (secondary N) is 1. The zero-order valence-electron chi connectivity index (χ0n) is 12.0. The first kappa shape index (κ1) is 15.0. The van der Waals surface area contributed by atoms with E-state index in [4.69, 9.17) is 14.2 Å². The molecule has 1 amide bonds. The molecule has 1 fully saturated rings. The van der Waals surface area contributed by atoms with Gasteiger partial charge in [-0.2, -0.15) is 0 Å². The van der Waals surface area contributed by atoms with Crippen LogP contribution in [-0.2, 0) is 4.74 Å². The van der Waals surface area contributed by atoms with Gasteiger partial charge in [0.2, 0.25) is 0 Å². The maximum Gasteiger partial charge on any atom is 0.407 e. The number of carbonyl (C=O) groups excluding carboxylic acids is 1. The summed E-state index contributed by atoms with van der Waals surface area (Å²) in [4.78, 5) is 11.5. The lowest BCUT2D eigenvalue weighted by molar-refractivity contribution is 0.0380. The Morgan fingerprint density at radius 3 is 2.55 bits per heavy atom. The highest BCUT2D eigenvalue weighted by Gasteiger charge is 2.39. The molecule has 0 spiro atoms. The monoisotopic (exact) mass is 343 g/mol. The van der Waals surface area contributed by atoms with Gasteiger partial charge in [-0.1, -0.05) is 13.8 Å². The fraction of sp³-hybridized carbons (Fsp3) is 0.500. The summed E-state index contributed by atoms with van der Waals surface area (Å²) < 4.78 is 16.6. The first-order chi connectivity index (χ1) is 9.39. The molecule has 0 aliphatic carbocycles. The van der Waals surface area contributed by atoms with Gasteiger partial charge in [0.25, 0.3) is 0 Å². The van der Waals surface area contributed by atoms with Gasteiger partial charge in [0, 0.05) is 11.0 Å². The van der Waals surface area contributed by atoms with Crippen LogP contribution in [0.5, 0.6) is 11.5 Å². The van der Waals surface area contributed by atoms with E-state index in [-0.39, 0.29) is 11.5 Å². The van der Waals surface area contributed by atoms with Crippen LogP contribution in [-0.4, -0.2) is 26.9 Å². The minimum absolute atomic E-state index is 0.208. The highest BCUT2D eigenvalue weighted by Crippen LogP contribution is 2.43. The van der Waals surface area contributed by atoms with Crippen molar-refractivity contribution in [1.29, 1.82) is 0 Å². The molecule has 5 nitrogen and oxygen atoms in total. The second-order valence-electron chi connectivity index (χ2n) is 5.37. The quantitative estimate of drug-likeness (QED) is 0.914. The summed E-state index contributed by atoms with van der Waals surface area (Å²) in [5, 5.41) is 2.86. The molecule has 1 aromatic rings. The number of hydrogen-bond donors (Lipinski definition) is 1. The number of amides is 1. The second-order valence-corrected chi connectivity index (χ2v) is 6.23. The number of ether oxygens (including phenoxy) is 3. The largest absolute Gasteiger partial charge is 0.496 e. The summed E-state index contributed by atoms with van der Waals surface area (Å²) >= 11 is 3.43. The van der Waals surface area contributed by atoms with Crippen LogP contribution < -0.4 is 14.8 Å². The van der Waals surface area contributed by atoms with Gasteiger partial charge in [-0.25, -0.2) is 4.79 Å². The molecular weight excluding hydrogens is 326 g/mol. The lowest BCUT2D eigenvalue weighted by atomic mass is 9.80. The molecule has 0 bridgehead atoms. The van der Waals surface area contributed by atoms with Crippen LogP contribution in [0.4, 0.5) is 4.79 Å². The molecule has 1 aliphatic heterocycles. The van der Waals surface area contributed by atoms with Gasteiger partial charge in [0.05, 0.1) is 24.7 Å². The van der Waals surface area contributed by atoms with Crippen LogP contribution in [0.15, 0.2) is 16.6 Å². The molecular formula is C14H18BrNO4. The molecule has 1 saturated heterocycles. The Hall–Kier alpha value is -1.43. The molecule has 1 aromatic carbocycles. The van der Waals surface area contributed by atoms with Crippen molar-refractivity contribution in [2.75, 3.05) is 20.8 Å². The summed E-state index contributed by atoms with van der Waals surface area (Å²) in [6.07, 6.45) is -0.418. The molecule has 6 heteroatoms. The molecule has 0 unspecified atom stereocenters. The summed E-state index contributed by atoms with van der Waals surface area (Å²) in [6, 6.07) is 3.51. The number of cyclic esters (lactones) is 1. The van der Waals surface area contributed by atoms with Crippen LogP contribution in [0, 0.1) is 5.41 Å². The van der Waals surface area contributed by atoms with Crippen molar-refractivity contribution < 1.29 is 19.0 Å². The van der Waals surface area contributed by atoms with Gasteiger partial charge in [-0.05, 0) is 28.1 Å². The van der Waals surface area contributed by atoms with Crippen molar-refractivity contribution in [2.45, 2.75) is 19.9 Å². The smallest absolute Gasteiger partial charge is 0.407 e. The van der Waals surface area contributed by atoms with Gasteiger partial charge in [-0.3, -0.25) is 0 Å². The summed E-state index contributed by atoms with van der Waals surface area (Å²) in [6.45, 7) is 4.42. The Balaban J connectivity index is 2.51. The highest BCUT2D eigenvalue weighted by molar-refractivity contribution is 9.10. The Morgan fingerprint density at radius 1 is 1.30 bits per heavy atom. The summed E-state index contributed by atoms with van der Waals surface area (Å²) in [5.41, 5.74) is 0.620. The number of rotatable bonds is 3. The highest BCUT2D eigenvalue weighted by atomic mass is 79.9. The normalized spacial score (nSPS) is 20.9. The Kier molecular flexibility index (Phi) is 4.13. The Labute approximate surface area is 126 Å². The predicted molar refractivity (Wildman–Crippen MR) is 78.3 cm³/mol. The standard InChI is InChI=1S/C14H18BrNO4/c1-14(2)7-20-13(17)16-12(14)8-5-11(19-4)9(15)6-10(8)18-3/h5-6,12H,7H2,1-4H3,(H,16,17)/t12-/m1/s1. The number of alkyl carbamates (subject to hydrolysis) is 1. The van der Waals surface area contributed by atoms with Crippen molar-refractivity contribution >= 4 is 22.0 Å². The van der Waals surface area contributed by atoms with Crippen LogP contribution in [0.25, 0.3) is 0 Å². The lowest BCUT2D eigenvalue weighted by Gasteiger charge is -2.39. The van der Waals surface area contributed by atoms with Crippen LogP contribution >= 0.6 is 15.9 Å². The first-order valence-electron chi connectivity index (χ1n) is 6.23. The molecule has 0 saturated carbocycles. The molecule has 0 aromatic heterocycles. The Morgan fingerprint density at radius 2 is 1.95 bits per heavy atom. The maximum absolute atomic E-state index is 11.5. The number of hydrogen-bond acceptors (Lipinski definition) is 4. The van der Waals surface area contributed by atoms with E-state index in [0.717, 1.165) is 10.0 Å². The average Bonchev–Trinajstić information content (AvgIpc) is 2.41. The van der Waals surface area contributed by atoms with E-state index >= 15 is 0 Å². The van der Waals surface area contributed by atoms with E-state index in [0.29, 0.717) is 18.1 Å². The van der Waals surface area contributed by atoms with Gasteiger partial charge in [0.15, 0.2) is 0 Å². The predicted octanol–water partition coefficient (Wildman–Crippen LogP) is 3.27. The lowest BCUT2D eigenvalue weighted by Crippen LogP contribution is -2.47. The second kappa shape index (κ2) is 5.52. The Bertz CT molecular complexity index is 530. The van der Waals surface area contributed by atoms with Gasteiger partial charge < -0.3 is 19.5 Å². The zero-order chi connectivity index (χ0) is 14.9. The molecule has 1 N–H and O–H groups in total. The third-order valence-electron chi connectivity index (χ3n) is 3.43. The van der Waals surface area contributed by atoms with Crippen LogP contribution in [0.3, 0.4) is 0 Å². The van der Waals surface area contributed by atoms with E-state index in [9.17, 15) is 4.79 Å². The molecule has 1 atom stereocenters. The van der Waals surface area contributed by atoms with E-state index < -0.39 is 6.09 Å². The van der Waals surface area contributed by atoms with Crippen LogP contribution in [0.1, 0.15) is 25.5 Å². The molecule has 20 heavy (non-hydrogen) atoms. The van der Waals surface area contributed by atoms with Crippen molar-refractivity contribution in [3.63, 3.8) is 0 Å². The van der Waals surface area contributed by atoms with Gasteiger partial charge in [-0.15, -0.1) is 0 Å². The third kappa shape index (κ3) is 2.70. The van der Waals surface area contributed by atoms with Crippen LogP contribution in [0.2, 0.25) is 0 Å². The van der Waals surface area contributed by atoms with Crippen molar-refractivity contribution in [2.24, 2.45) is 5.41 Å². The molecule has 1 aliphatic rings. The third-order valence-corrected chi connectivity index (χ3v) is 4.05. The van der Waals surface area contributed by atoms with E-state index in [1.165, 1.54) is 0 Å². The number of halogens is 1. The number of benzene rings is 1. The van der Waals surface area contributed by atoms with E-state index in [1.807, 2.05) is 26.0 Å². The van der Waals surface area contributed by atoms with Crippen molar-refractivity contribution in [3.05, 3.63) is 22.2 Å². The summed E-state index contributed by atoms with van der Waals surface area (Å²) in [7, 11) is 3.20. The molecule has 2 rings (SSSR count). The zero-order valence-corrected chi connectivity index (χ0v) is 13.5. The topological polar surface area (TPSA) is 56.8 Å². The van der Waals surface area contributed by atoms with Gasteiger partial charge >= 0.3 is 6.09 Å². The maximum atomic E-state index is 11.5. The fourth-order valence-corrected chi connectivity index (χ4v) is 2.78. The SMILES string of the molecule is COc1cc([C@H]2NC(=O)OCC2(C)C)c(OC)cc1Br. The molecule has 110 valence electrons. The van der Waals surface area contributed by atoms with Crippen molar-refractivity contribution in [3.8, 4) is 11.5 Å². The van der Waals surface area contributed by atoms with Gasteiger partial charge in [0.1, 0.15) is 18.1 Å². The van der Waals surface area contributed by atoms with Crippen molar-refractivity contribution in [1.82, 2.24) is 5.32 Å². The first-order valence-corrected chi connectivity index (χ1v) is 7.03. The minimum Gasteiger partial charge on any atom is -0.496 e. The average molecular weight is 344 g/mol. The minimum atomic E-state index is -0.418. The van der Waals surface area contributed by atoms with E-state index in [1.54, 1.807) is 14.2 Å². The molecule has 0 radical (unpaired) electrons. The molecule has 1 heterocycles. The van der Waals surface area contributed by atoms with E-state index in [2.05, 4.69) is 21.2 Å². The number of methoxy groups -OCH3 is 2.